The molecule has 14 heavy (non-hydrogen) atoms. The lowest BCUT2D eigenvalue weighted by Crippen LogP contribution is -1.85. The fourth-order valence-corrected chi connectivity index (χ4v) is 1.50. The number of hydrogen-bond donors (Lipinski definition) is 0. The van der Waals surface area contributed by atoms with Gasteiger partial charge in [0.05, 0.1) is 0 Å². The molecule has 1 aromatic rings. The van der Waals surface area contributed by atoms with Crippen LogP contribution in [0.1, 0.15) is 17.5 Å². The highest BCUT2D eigenvalue weighted by Gasteiger charge is 2.02. The van der Waals surface area contributed by atoms with Crippen LogP contribution in [0.4, 0.5) is 4.39 Å². The van der Waals surface area contributed by atoms with E-state index in [0.717, 1.165) is 17.3 Å². The van der Waals surface area contributed by atoms with E-state index < -0.39 is 0 Å². The Morgan fingerprint density at radius 3 is 2.86 bits per heavy atom. The van der Waals surface area contributed by atoms with Gasteiger partial charge in [-0.05, 0) is 31.0 Å². The molecule has 0 N–H and O–H groups in total. The van der Waals surface area contributed by atoms with Crippen molar-refractivity contribution in [1.29, 1.82) is 0 Å². The molecule has 0 nitrogen and oxygen atoms in total. The monoisotopic (exact) mass is 276 g/mol. The van der Waals surface area contributed by atoms with E-state index in [-0.39, 0.29) is 5.82 Å². The molecule has 0 saturated heterocycles. The van der Waals surface area contributed by atoms with Crippen molar-refractivity contribution in [3.8, 4) is 0 Å². The molecule has 0 fully saturated rings. The van der Waals surface area contributed by atoms with E-state index in [1.165, 1.54) is 6.07 Å². The Bertz CT molecular complexity index is 347. The summed E-state index contributed by atoms with van der Waals surface area (Å²) in [6, 6.07) is 3.10. The molecule has 0 saturated carbocycles. The maximum Gasteiger partial charge on any atom is 0.130 e. The van der Waals surface area contributed by atoms with Crippen molar-refractivity contribution >= 4 is 33.6 Å². The number of hydrogen-bond acceptors (Lipinski definition) is 0. The second-order valence-corrected chi connectivity index (χ2v) is 4.20. The Hall–Kier alpha value is -0.340. The van der Waals surface area contributed by atoms with Gasteiger partial charge in [-0.2, -0.15) is 0 Å². The molecule has 0 aliphatic heterocycles. The van der Waals surface area contributed by atoms with Gasteiger partial charge < -0.3 is 0 Å². The van der Waals surface area contributed by atoms with Crippen molar-refractivity contribution in [3.63, 3.8) is 0 Å². The second kappa shape index (κ2) is 5.52. The molecule has 0 aliphatic carbocycles. The molecule has 76 valence electrons. The van der Waals surface area contributed by atoms with Crippen molar-refractivity contribution < 1.29 is 4.39 Å². The van der Waals surface area contributed by atoms with E-state index in [9.17, 15) is 4.39 Å². The summed E-state index contributed by atoms with van der Waals surface area (Å²) < 4.78 is 13.3. The highest BCUT2D eigenvalue weighted by Crippen LogP contribution is 2.21. The highest BCUT2D eigenvalue weighted by molar-refractivity contribution is 9.09. The van der Waals surface area contributed by atoms with Crippen molar-refractivity contribution in [2.24, 2.45) is 0 Å². The molecule has 0 unspecified atom stereocenters. The van der Waals surface area contributed by atoms with E-state index in [4.69, 9.17) is 11.6 Å². The first-order valence-corrected chi connectivity index (χ1v) is 5.83. The van der Waals surface area contributed by atoms with Crippen LogP contribution in [0, 0.1) is 12.7 Å². The van der Waals surface area contributed by atoms with Crippen molar-refractivity contribution in [3.05, 3.63) is 40.2 Å². The molecule has 0 spiro atoms. The Morgan fingerprint density at radius 2 is 2.21 bits per heavy atom. The molecule has 0 bridgehead atoms. The average Bonchev–Trinajstić information content (AvgIpc) is 2.14. The van der Waals surface area contributed by atoms with E-state index in [1.807, 2.05) is 6.08 Å². The summed E-state index contributed by atoms with van der Waals surface area (Å²) in [6.07, 6.45) is 4.55. The van der Waals surface area contributed by atoms with Crippen LogP contribution in [-0.2, 0) is 0 Å². The summed E-state index contributed by atoms with van der Waals surface area (Å²) in [5, 5.41) is 1.48. The van der Waals surface area contributed by atoms with E-state index in [0.29, 0.717) is 10.6 Å². The average molecular weight is 278 g/mol. The molecule has 1 aromatic carbocycles. The van der Waals surface area contributed by atoms with Crippen LogP contribution >= 0.6 is 27.5 Å². The molecule has 0 aromatic heterocycles. The standard InChI is InChI=1S/C11H11BrClF/c1-8-6-11(14)9(7-10(8)13)4-2-3-5-12/h2,4,6-7H,3,5H2,1H3. The van der Waals surface area contributed by atoms with Crippen molar-refractivity contribution in [2.75, 3.05) is 5.33 Å². The van der Waals surface area contributed by atoms with Crippen LogP contribution in [0.25, 0.3) is 6.08 Å². The lowest BCUT2D eigenvalue weighted by Gasteiger charge is -2.01. The zero-order chi connectivity index (χ0) is 10.6. The summed E-state index contributed by atoms with van der Waals surface area (Å²) in [7, 11) is 0. The first kappa shape index (κ1) is 11.7. The minimum atomic E-state index is -0.224. The summed E-state index contributed by atoms with van der Waals surface area (Å²) in [4.78, 5) is 0. The third-order valence-electron chi connectivity index (χ3n) is 1.85. The van der Waals surface area contributed by atoms with E-state index in [1.54, 1.807) is 19.1 Å². The highest BCUT2D eigenvalue weighted by atomic mass is 79.9. The van der Waals surface area contributed by atoms with Gasteiger partial charge in [0.25, 0.3) is 0 Å². The quantitative estimate of drug-likeness (QED) is 0.709. The number of alkyl halides is 1. The zero-order valence-corrected chi connectivity index (χ0v) is 10.2. The van der Waals surface area contributed by atoms with Crippen LogP contribution in [0.2, 0.25) is 5.02 Å². The third-order valence-corrected chi connectivity index (χ3v) is 2.72. The number of benzene rings is 1. The van der Waals surface area contributed by atoms with Crippen LogP contribution in [0.15, 0.2) is 18.2 Å². The molecule has 0 amide bonds. The van der Waals surface area contributed by atoms with Gasteiger partial charge in [0.15, 0.2) is 0 Å². The predicted molar refractivity (Wildman–Crippen MR) is 63.6 cm³/mol. The second-order valence-electron chi connectivity index (χ2n) is 3.00. The fraction of sp³-hybridized carbons (Fsp3) is 0.273. The molecule has 3 heteroatoms. The minimum Gasteiger partial charge on any atom is -0.206 e. The summed E-state index contributed by atoms with van der Waals surface area (Å²) in [6.45, 7) is 1.79. The van der Waals surface area contributed by atoms with Crippen LogP contribution in [0.5, 0.6) is 0 Å². The lowest BCUT2D eigenvalue weighted by molar-refractivity contribution is 0.624. The SMILES string of the molecule is Cc1cc(F)c(C=CCCBr)cc1Cl. The number of allylic oxidation sites excluding steroid dienone is 1. The van der Waals surface area contributed by atoms with Gasteiger partial charge in [-0.1, -0.05) is 39.7 Å². The Morgan fingerprint density at radius 1 is 1.50 bits per heavy atom. The zero-order valence-electron chi connectivity index (χ0n) is 7.86. The van der Waals surface area contributed by atoms with Gasteiger partial charge in [0.2, 0.25) is 0 Å². The first-order valence-electron chi connectivity index (χ1n) is 4.33. The first-order chi connectivity index (χ1) is 6.65. The third kappa shape index (κ3) is 3.10. The van der Waals surface area contributed by atoms with Gasteiger partial charge in [-0.3, -0.25) is 0 Å². The van der Waals surface area contributed by atoms with E-state index >= 15 is 0 Å². The van der Waals surface area contributed by atoms with Gasteiger partial charge >= 0.3 is 0 Å². The van der Waals surface area contributed by atoms with E-state index in [2.05, 4.69) is 15.9 Å². The summed E-state index contributed by atoms with van der Waals surface area (Å²) in [5.41, 5.74) is 1.31. The maximum atomic E-state index is 13.3. The Balaban J connectivity index is 2.92. The van der Waals surface area contributed by atoms with Crippen LogP contribution in [-0.4, -0.2) is 5.33 Å². The van der Waals surface area contributed by atoms with Crippen molar-refractivity contribution in [2.45, 2.75) is 13.3 Å². The summed E-state index contributed by atoms with van der Waals surface area (Å²) in [5.74, 6) is -0.224. The molecular formula is C11H11BrClF. The predicted octanol–water partition coefficient (Wildman–Crippen LogP) is 4.59. The number of rotatable bonds is 3. The molecule has 0 radical (unpaired) electrons. The fourth-order valence-electron chi connectivity index (χ4n) is 1.06. The normalized spacial score (nSPS) is 11.1. The number of halogens is 3. The topological polar surface area (TPSA) is 0 Å². The molecular weight excluding hydrogens is 266 g/mol. The Labute approximate surface area is 96.9 Å². The smallest absolute Gasteiger partial charge is 0.130 e. The summed E-state index contributed by atoms with van der Waals surface area (Å²) >= 11 is 9.19. The minimum absolute atomic E-state index is 0.224. The maximum absolute atomic E-state index is 13.3. The van der Waals surface area contributed by atoms with Gasteiger partial charge in [0, 0.05) is 15.9 Å². The van der Waals surface area contributed by atoms with Crippen molar-refractivity contribution in [1.82, 2.24) is 0 Å². The van der Waals surface area contributed by atoms with Gasteiger partial charge in [-0.25, -0.2) is 4.39 Å². The number of aryl methyl sites for hydroxylation is 1. The van der Waals surface area contributed by atoms with Crippen LogP contribution in [0.3, 0.4) is 0 Å². The molecule has 0 atom stereocenters. The molecule has 0 aliphatic rings. The van der Waals surface area contributed by atoms with Gasteiger partial charge in [0.1, 0.15) is 5.82 Å². The molecule has 0 heterocycles. The lowest BCUT2D eigenvalue weighted by atomic mass is 10.1. The molecule has 1 rings (SSSR count). The Kier molecular flexibility index (Phi) is 4.63. The van der Waals surface area contributed by atoms with Gasteiger partial charge in [-0.15, -0.1) is 0 Å². The largest absolute Gasteiger partial charge is 0.206 e. The van der Waals surface area contributed by atoms with Crippen LogP contribution < -0.4 is 0 Å².